The fourth-order valence-electron chi connectivity index (χ4n) is 8.62. The van der Waals surface area contributed by atoms with Crippen LogP contribution in [0.5, 0.6) is 0 Å². The molecule has 0 aliphatic carbocycles. The Labute approximate surface area is 348 Å². The van der Waals surface area contributed by atoms with Crippen LogP contribution in [0.15, 0.2) is 12.2 Å². The van der Waals surface area contributed by atoms with Crippen molar-refractivity contribution in [1.29, 1.82) is 0 Å². The van der Waals surface area contributed by atoms with Gasteiger partial charge < -0.3 is 67.6 Å². The van der Waals surface area contributed by atoms with Crippen molar-refractivity contribution in [1.82, 2.24) is 4.90 Å². The second kappa shape index (κ2) is 21.5. The standard InChI is InChI=1S/C42H69NO16/c1-21(2)16-32(47)57-40-25(6)53-34(20-42(40,8)50)58-37-24(5)54-41(36(49)35(37)43(9)10)59-38-27(14-15-44)17-22(3)28(46)12-13-29-30(56-29)18-23(4)52-33(48)19-31(39(38)51-11)55-26(7)45/h12-13,15,21-25,27-31,34-41,46,49-50H,14,16-20H2,1-11H3/b13-12+/t22-,23+,24+,25+,27-,28-,29+,30-,31-,34+,35+,36+,37+,38-,39-,40+,41-,42-/m0/s1. The van der Waals surface area contributed by atoms with Crippen LogP contribution < -0.4 is 0 Å². The van der Waals surface area contributed by atoms with Crippen molar-refractivity contribution in [3.05, 3.63) is 12.2 Å². The molecule has 0 amide bonds. The smallest absolute Gasteiger partial charge is 0.309 e. The Balaban J connectivity index is 1.63. The minimum Gasteiger partial charge on any atom is -0.462 e. The van der Waals surface area contributed by atoms with Gasteiger partial charge in [-0.3, -0.25) is 14.4 Å². The van der Waals surface area contributed by atoms with Crippen molar-refractivity contribution >= 4 is 24.2 Å². The van der Waals surface area contributed by atoms with E-state index < -0.39 is 121 Å². The van der Waals surface area contributed by atoms with E-state index in [1.807, 2.05) is 20.8 Å². The van der Waals surface area contributed by atoms with Crippen LogP contribution in [0.25, 0.3) is 0 Å². The van der Waals surface area contributed by atoms with Gasteiger partial charge in [-0.2, -0.15) is 0 Å². The van der Waals surface area contributed by atoms with Gasteiger partial charge >= 0.3 is 17.9 Å². The number of carbonyl (C=O) groups is 4. The van der Waals surface area contributed by atoms with Crippen LogP contribution in [-0.2, 0) is 61.8 Å². The van der Waals surface area contributed by atoms with Gasteiger partial charge in [0.1, 0.15) is 48.5 Å². The van der Waals surface area contributed by atoms with Crippen LogP contribution >= 0.6 is 0 Å². The molecule has 4 heterocycles. The number of methoxy groups -OCH3 is 1. The molecule has 0 aromatic heterocycles. The molecular weight excluding hydrogens is 774 g/mol. The number of ether oxygens (including phenoxy) is 9. The summed E-state index contributed by atoms with van der Waals surface area (Å²) in [6.07, 6.45) is -8.10. The normalized spacial score (nSPS) is 43.0. The van der Waals surface area contributed by atoms with E-state index in [0.717, 1.165) is 0 Å². The molecule has 3 saturated heterocycles. The summed E-state index contributed by atoms with van der Waals surface area (Å²) in [7, 11) is 4.85. The number of aliphatic hydroxyl groups is 3. The molecule has 0 spiro atoms. The highest BCUT2D eigenvalue weighted by Crippen LogP contribution is 2.38. The Morgan fingerprint density at radius 1 is 0.983 bits per heavy atom. The predicted octanol–water partition coefficient (Wildman–Crippen LogP) is 2.22. The molecule has 4 aliphatic rings. The molecule has 17 nitrogen and oxygen atoms in total. The number of hydrogen-bond acceptors (Lipinski definition) is 17. The Hall–Kier alpha value is -2.58. The molecule has 4 rings (SSSR count). The topological polar surface area (TPSA) is 219 Å². The lowest BCUT2D eigenvalue weighted by Gasteiger charge is -2.50. The van der Waals surface area contributed by atoms with Gasteiger partial charge in [0.05, 0.1) is 43.0 Å². The molecule has 0 radical (unpaired) electrons. The maximum atomic E-state index is 13.3. The second-order valence-electron chi connectivity index (χ2n) is 17.7. The van der Waals surface area contributed by atoms with Gasteiger partial charge in [0.25, 0.3) is 0 Å². The van der Waals surface area contributed by atoms with Gasteiger partial charge in [0.2, 0.25) is 0 Å². The van der Waals surface area contributed by atoms with E-state index in [2.05, 4.69) is 0 Å². The molecule has 18 atom stereocenters. The maximum absolute atomic E-state index is 13.3. The number of cyclic esters (lactones) is 1. The van der Waals surface area contributed by atoms with Crippen LogP contribution in [0, 0.1) is 17.8 Å². The second-order valence-corrected chi connectivity index (χ2v) is 17.7. The number of aliphatic hydroxyl groups excluding tert-OH is 2. The van der Waals surface area contributed by atoms with E-state index in [-0.39, 0.29) is 43.8 Å². The van der Waals surface area contributed by atoms with Crippen molar-refractivity contribution in [2.75, 3.05) is 21.2 Å². The number of hydrogen-bond donors (Lipinski definition) is 3. The summed E-state index contributed by atoms with van der Waals surface area (Å²) in [5.74, 6) is -2.85. The Morgan fingerprint density at radius 3 is 2.27 bits per heavy atom. The van der Waals surface area contributed by atoms with E-state index in [0.29, 0.717) is 12.7 Å². The summed E-state index contributed by atoms with van der Waals surface area (Å²) >= 11 is 0. The number of rotatable bonds is 12. The lowest BCUT2D eigenvalue weighted by atomic mass is 9.82. The summed E-state index contributed by atoms with van der Waals surface area (Å²) in [5, 5.41) is 34.8. The van der Waals surface area contributed by atoms with Crippen LogP contribution in [-0.4, -0.2) is 163 Å². The Kier molecular flexibility index (Phi) is 17.9. The number of aldehydes is 1. The summed E-state index contributed by atoms with van der Waals surface area (Å²) in [4.78, 5) is 52.5. The van der Waals surface area contributed by atoms with Crippen molar-refractivity contribution in [3.63, 3.8) is 0 Å². The zero-order valence-electron chi connectivity index (χ0n) is 36.5. The van der Waals surface area contributed by atoms with Gasteiger partial charge in [0.15, 0.2) is 18.7 Å². The zero-order valence-corrected chi connectivity index (χ0v) is 36.5. The highest BCUT2D eigenvalue weighted by atomic mass is 16.7. The number of esters is 3. The van der Waals surface area contributed by atoms with Gasteiger partial charge in [-0.15, -0.1) is 0 Å². The van der Waals surface area contributed by atoms with E-state index in [1.54, 1.807) is 58.8 Å². The van der Waals surface area contributed by atoms with Crippen LogP contribution in [0.2, 0.25) is 0 Å². The number of carbonyl (C=O) groups excluding carboxylic acids is 4. The minimum atomic E-state index is -1.50. The summed E-state index contributed by atoms with van der Waals surface area (Å²) in [6.45, 7) is 13.5. The van der Waals surface area contributed by atoms with E-state index in [9.17, 15) is 34.5 Å². The van der Waals surface area contributed by atoms with E-state index in [4.69, 9.17) is 42.6 Å². The van der Waals surface area contributed by atoms with Gasteiger partial charge in [0, 0.05) is 39.7 Å². The summed E-state index contributed by atoms with van der Waals surface area (Å²) < 4.78 is 54.4. The molecule has 338 valence electrons. The minimum absolute atomic E-state index is 0.0481. The SMILES string of the molecule is CO[C@@H]1[C@@H](O[C@@H]2O[C@H](C)[C@@H](O[C@@H]3C[C@](C)(O)[C@H](OC(=O)CC(C)C)[C@@H](C)O3)[C@H](N(C)C)[C@H]2O)[C@@H](CC=O)C[C@H](C)[C@@H](O)/C=C/[C@H]2O[C@H]2C[C@@H](C)OC(=O)C[C@@H]1OC(C)=O. The molecular formula is C42H69NO16. The van der Waals surface area contributed by atoms with Gasteiger partial charge in [-0.25, -0.2) is 0 Å². The highest BCUT2D eigenvalue weighted by Gasteiger charge is 2.53. The lowest BCUT2D eigenvalue weighted by Crippen LogP contribution is -2.66. The molecule has 0 saturated carbocycles. The highest BCUT2D eigenvalue weighted by molar-refractivity contribution is 5.72. The Bertz CT molecular complexity index is 1420. The van der Waals surface area contributed by atoms with Crippen LogP contribution in [0.1, 0.15) is 93.9 Å². The zero-order chi connectivity index (χ0) is 43.9. The first kappa shape index (κ1) is 49.1. The summed E-state index contributed by atoms with van der Waals surface area (Å²) in [6, 6.07) is -0.786. The molecule has 0 unspecified atom stereocenters. The third-order valence-corrected chi connectivity index (χ3v) is 11.6. The molecule has 0 aromatic carbocycles. The fourth-order valence-corrected chi connectivity index (χ4v) is 8.62. The molecule has 4 aliphatic heterocycles. The number of epoxide rings is 1. The molecule has 3 N–H and O–H groups in total. The van der Waals surface area contributed by atoms with Gasteiger partial charge in [-0.1, -0.05) is 32.9 Å². The van der Waals surface area contributed by atoms with Crippen molar-refractivity contribution in [2.24, 2.45) is 17.8 Å². The average molecular weight is 844 g/mol. The molecule has 59 heavy (non-hydrogen) atoms. The number of fused-ring (bicyclic) bond motifs is 1. The van der Waals surface area contributed by atoms with E-state index in [1.165, 1.54) is 14.0 Å². The molecule has 0 bridgehead atoms. The van der Waals surface area contributed by atoms with Gasteiger partial charge in [-0.05, 0) is 66.0 Å². The average Bonchev–Trinajstić information content (AvgIpc) is 3.85. The van der Waals surface area contributed by atoms with Crippen molar-refractivity contribution in [2.45, 2.75) is 191 Å². The number of nitrogens with zero attached hydrogens (tertiary/aromatic N) is 1. The maximum Gasteiger partial charge on any atom is 0.309 e. The largest absolute Gasteiger partial charge is 0.462 e. The first-order valence-corrected chi connectivity index (χ1v) is 20.9. The monoisotopic (exact) mass is 843 g/mol. The predicted molar refractivity (Wildman–Crippen MR) is 209 cm³/mol. The lowest BCUT2D eigenvalue weighted by molar-refractivity contribution is -0.344. The van der Waals surface area contributed by atoms with Crippen molar-refractivity contribution < 1.29 is 77.1 Å². The molecule has 17 heteroatoms. The van der Waals surface area contributed by atoms with E-state index >= 15 is 0 Å². The Morgan fingerprint density at radius 2 is 1.68 bits per heavy atom. The van der Waals surface area contributed by atoms with Crippen LogP contribution in [0.4, 0.5) is 0 Å². The quantitative estimate of drug-likeness (QED) is 0.0844. The van der Waals surface area contributed by atoms with Crippen LogP contribution in [0.3, 0.4) is 0 Å². The third-order valence-electron chi connectivity index (χ3n) is 11.6. The first-order valence-electron chi connectivity index (χ1n) is 20.9. The summed E-state index contributed by atoms with van der Waals surface area (Å²) in [5.41, 5.74) is -1.50. The molecule has 0 aromatic rings. The third kappa shape index (κ3) is 13.5. The number of likely N-dealkylation sites (N-methyl/N-ethyl adjacent to an activating group) is 1. The van der Waals surface area contributed by atoms with Crippen molar-refractivity contribution in [3.8, 4) is 0 Å². The first-order chi connectivity index (χ1) is 27.6. The fraction of sp³-hybridized carbons (Fsp3) is 0.857. The molecule has 3 fully saturated rings.